The molecule has 192 valence electrons. The predicted octanol–water partition coefficient (Wildman–Crippen LogP) is 8.77. The van der Waals surface area contributed by atoms with E-state index >= 15 is 0 Å². The van der Waals surface area contributed by atoms with Crippen LogP contribution in [0.2, 0.25) is 0 Å². The first-order chi connectivity index (χ1) is 17.7. The fourth-order valence-electron chi connectivity index (χ4n) is 4.46. The summed E-state index contributed by atoms with van der Waals surface area (Å²) in [5.41, 5.74) is 5.28. The summed E-state index contributed by atoms with van der Waals surface area (Å²) in [6, 6.07) is 32.0. The highest BCUT2D eigenvalue weighted by molar-refractivity contribution is 5.53. The highest BCUT2D eigenvalue weighted by Crippen LogP contribution is 2.22. The Balaban J connectivity index is 0.000000244. The third-order valence-corrected chi connectivity index (χ3v) is 6.37. The zero-order valence-electron chi connectivity index (χ0n) is 22.9. The molecule has 1 atom stereocenters. The second kappa shape index (κ2) is 17.3. The molecule has 1 fully saturated rings. The first kappa shape index (κ1) is 29.1. The van der Waals surface area contributed by atoms with Gasteiger partial charge in [0.1, 0.15) is 0 Å². The van der Waals surface area contributed by atoms with E-state index in [1.165, 1.54) is 54.9 Å². The summed E-state index contributed by atoms with van der Waals surface area (Å²) >= 11 is 0. The van der Waals surface area contributed by atoms with Crippen LogP contribution >= 0.6 is 0 Å². The van der Waals surface area contributed by atoms with Crippen molar-refractivity contribution in [2.45, 2.75) is 53.0 Å². The molecule has 1 aliphatic rings. The van der Waals surface area contributed by atoms with E-state index < -0.39 is 0 Å². The Morgan fingerprint density at radius 3 is 2.00 bits per heavy atom. The van der Waals surface area contributed by atoms with E-state index in [1.54, 1.807) is 0 Å². The van der Waals surface area contributed by atoms with Crippen LogP contribution in [-0.2, 0) is 13.0 Å². The van der Waals surface area contributed by atoms with Gasteiger partial charge in [0, 0.05) is 31.5 Å². The first-order valence-corrected chi connectivity index (χ1v) is 13.6. The number of nitrogens with zero attached hydrogens (tertiary/aromatic N) is 2. The van der Waals surface area contributed by atoms with Gasteiger partial charge in [0.2, 0.25) is 0 Å². The van der Waals surface area contributed by atoms with Crippen molar-refractivity contribution in [3.05, 3.63) is 127 Å². The number of rotatable bonds is 9. The lowest BCUT2D eigenvalue weighted by Crippen LogP contribution is -2.20. The molecular weight excluding hydrogens is 436 g/mol. The van der Waals surface area contributed by atoms with Crippen LogP contribution in [0.15, 0.2) is 115 Å². The molecule has 0 bridgehead atoms. The smallest absolute Gasteiger partial charge is 0.0407 e. The molecule has 1 saturated heterocycles. The van der Waals surface area contributed by atoms with Gasteiger partial charge in [-0.25, -0.2) is 0 Å². The van der Waals surface area contributed by atoms with Crippen molar-refractivity contribution < 1.29 is 0 Å². The minimum Gasteiger partial charge on any atom is -0.345 e. The van der Waals surface area contributed by atoms with Crippen molar-refractivity contribution in [3.63, 3.8) is 0 Å². The summed E-state index contributed by atoms with van der Waals surface area (Å²) in [6.07, 6.45) is 8.95. The Kier molecular flexibility index (Phi) is 14.0. The average molecular weight is 483 g/mol. The van der Waals surface area contributed by atoms with E-state index in [2.05, 4.69) is 109 Å². The molecule has 2 nitrogen and oxygen atoms in total. The van der Waals surface area contributed by atoms with Gasteiger partial charge in [0.15, 0.2) is 0 Å². The Labute approximate surface area is 221 Å². The van der Waals surface area contributed by atoms with Crippen molar-refractivity contribution >= 4 is 5.69 Å². The van der Waals surface area contributed by atoms with Crippen LogP contribution < -0.4 is 4.90 Å². The number of likely N-dealkylation sites (tertiary alicyclic amines) is 1. The van der Waals surface area contributed by atoms with Crippen LogP contribution in [0.1, 0.15) is 51.2 Å². The second-order valence-corrected chi connectivity index (χ2v) is 9.08. The Morgan fingerprint density at radius 2 is 1.44 bits per heavy atom. The number of likely N-dealkylation sites (N-methyl/N-ethyl adjacent to an activating group) is 1. The van der Waals surface area contributed by atoms with Crippen molar-refractivity contribution in [3.8, 4) is 0 Å². The number of hydrogen-bond acceptors (Lipinski definition) is 2. The van der Waals surface area contributed by atoms with Gasteiger partial charge in [0.05, 0.1) is 0 Å². The molecule has 1 heterocycles. The van der Waals surface area contributed by atoms with Crippen LogP contribution in [0.3, 0.4) is 0 Å². The van der Waals surface area contributed by atoms with Gasteiger partial charge in [-0.2, -0.15) is 0 Å². The number of hydrogen-bond donors (Lipinski definition) is 0. The first-order valence-electron chi connectivity index (χ1n) is 13.6. The van der Waals surface area contributed by atoms with Gasteiger partial charge < -0.3 is 4.90 Å². The normalized spacial score (nSPS) is 15.2. The van der Waals surface area contributed by atoms with Crippen LogP contribution in [-0.4, -0.2) is 25.0 Å². The minimum atomic E-state index is 0.825. The van der Waals surface area contributed by atoms with Crippen LogP contribution in [0, 0.1) is 5.92 Å². The zero-order valence-corrected chi connectivity index (χ0v) is 22.9. The summed E-state index contributed by atoms with van der Waals surface area (Å²) in [5.74, 6) is 0.825. The lowest BCUT2D eigenvalue weighted by molar-refractivity contribution is 0.316. The molecule has 0 saturated carbocycles. The monoisotopic (exact) mass is 482 g/mol. The topological polar surface area (TPSA) is 6.48 Å². The molecule has 4 rings (SSSR count). The molecule has 2 heteroatoms. The molecule has 3 aromatic carbocycles. The summed E-state index contributed by atoms with van der Waals surface area (Å²) in [5, 5.41) is 0. The molecule has 0 spiro atoms. The molecule has 1 aliphatic heterocycles. The summed E-state index contributed by atoms with van der Waals surface area (Å²) in [7, 11) is 2.07. The van der Waals surface area contributed by atoms with Crippen molar-refractivity contribution in [2.24, 2.45) is 5.92 Å². The SMILES string of the molecule is C=C/C(=C\CCC)N(C)c1ccccc1.CC.c1ccc(CC2CCN(Cc3ccccc3)C2)cc1. The van der Waals surface area contributed by atoms with Gasteiger partial charge in [-0.15, -0.1) is 0 Å². The number of anilines is 1. The Morgan fingerprint density at radius 1 is 0.889 bits per heavy atom. The standard InChI is InChI=1S/C18H21N.C14H19N.C2H6/c1-3-7-16(8-4-1)13-18-11-12-19(15-18)14-17-9-5-2-6-10-17;1-4-6-10-13(5-2)15(3)14-11-8-7-9-12-14;1-2/h1-10,18H,11-15H2;5,7-12H,2,4,6H2,1,3H3;1-2H3/b;13-10+;. The lowest BCUT2D eigenvalue weighted by atomic mass is 9.99. The van der Waals surface area contributed by atoms with E-state index in [1.807, 2.05) is 38.1 Å². The van der Waals surface area contributed by atoms with Crippen molar-refractivity contribution in [1.82, 2.24) is 4.90 Å². The predicted molar refractivity (Wildman–Crippen MR) is 159 cm³/mol. The molecule has 0 aliphatic carbocycles. The van der Waals surface area contributed by atoms with Crippen LogP contribution in [0.5, 0.6) is 0 Å². The fraction of sp³-hybridized carbons (Fsp3) is 0.353. The fourth-order valence-corrected chi connectivity index (χ4v) is 4.46. The molecule has 1 unspecified atom stereocenters. The largest absolute Gasteiger partial charge is 0.345 e. The van der Waals surface area contributed by atoms with Crippen LogP contribution in [0.25, 0.3) is 0 Å². The van der Waals surface area contributed by atoms with E-state index in [0.717, 1.165) is 18.9 Å². The highest BCUT2D eigenvalue weighted by atomic mass is 15.1. The van der Waals surface area contributed by atoms with Gasteiger partial charge in [-0.05, 0) is 61.1 Å². The van der Waals surface area contributed by atoms with E-state index in [4.69, 9.17) is 0 Å². The number of allylic oxidation sites excluding steroid dienone is 2. The van der Waals surface area contributed by atoms with Crippen molar-refractivity contribution in [2.75, 3.05) is 25.0 Å². The minimum absolute atomic E-state index is 0.825. The Bertz CT molecular complexity index is 932. The molecule has 3 aromatic rings. The molecule has 0 aromatic heterocycles. The number of para-hydroxylation sites is 1. The van der Waals surface area contributed by atoms with Gasteiger partial charge in [-0.1, -0.05) is 119 Å². The molecule has 0 N–H and O–H groups in total. The maximum atomic E-state index is 3.85. The maximum Gasteiger partial charge on any atom is 0.0407 e. The van der Waals surface area contributed by atoms with Gasteiger partial charge in [0.25, 0.3) is 0 Å². The highest BCUT2D eigenvalue weighted by Gasteiger charge is 2.22. The van der Waals surface area contributed by atoms with Crippen LogP contribution in [0.4, 0.5) is 5.69 Å². The quantitative estimate of drug-likeness (QED) is 0.281. The summed E-state index contributed by atoms with van der Waals surface area (Å²) in [6.45, 7) is 13.6. The van der Waals surface area contributed by atoms with E-state index in [-0.39, 0.29) is 0 Å². The second-order valence-electron chi connectivity index (χ2n) is 9.08. The third kappa shape index (κ3) is 10.3. The summed E-state index contributed by atoms with van der Waals surface area (Å²) in [4.78, 5) is 4.74. The number of benzene rings is 3. The van der Waals surface area contributed by atoms with E-state index in [9.17, 15) is 0 Å². The third-order valence-electron chi connectivity index (χ3n) is 6.37. The molecule has 36 heavy (non-hydrogen) atoms. The average Bonchev–Trinajstić information content (AvgIpc) is 3.38. The molecular formula is C34H46N2. The number of unbranched alkanes of at least 4 members (excludes halogenated alkanes) is 1. The maximum absolute atomic E-state index is 3.85. The molecule has 0 radical (unpaired) electrons. The zero-order chi connectivity index (χ0) is 26.0. The molecule has 0 amide bonds. The van der Waals surface area contributed by atoms with Crippen molar-refractivity contribution in [1.29, 1.82) is 0 Å². The van der Waals surface area contributed by atoms with Gasteiger partial charge in [-0.3, -0.25) is 4.90 Å². The Hall–Kier alpha value is -3.10. The van der Waals surface area contributed by atoms with E-state index in [0.29, 0.717) is 0 Å². The lowest BCUT2D eigenvalue weighted by Gasteiger charge is -2.20. The van der Waals surface area contributed by atoms with Gasteiger partial charge >= 0.3 is 0 Å². The summed E-state index contributed by atoms with van der Waals surface area (Å²) < 4.78 is 0.